The lowest BCUT2D eigenvalue weighted by Gasteiger charge is -2.10. The fourth-order valence-corrected chi connectivity index (χ4v) is 1.21. The molecule has 0 fully saturated rings. The van der Waals surface area contributed by atoms with Crippen molar-refractivity contribution in [2.45, 2.75) is 19.0 Å². The van der Waals surface area contributed by atoms with E-state index in [1.165, 1.54) is 6.42 Å². The highest BCUT2D eigenvalue weighted by Gasteiger charge is 2.03. The topological polar surface area (TPSA) is 0 Å². The summed E-state index contributed by atoms with van der Waals surface area (Å²) in [6, 6.07) is 0. The lowest BCUT2D eigenvalue weighted by molar-refractivity contribution is 0.731. The third kappa shape index (κ3) is 3.55. The first kappa shape index (κ1) is 8.77. The fraction of sp³-hybridized carbons (Fsp3) is 0.500. The molecule has 0 aromatic rings. The van der Waals surface area contributed by atoms with Crippen LogP contribution in [0, 0.1) is 5.92 Å². The van der Waals surface area contributed by atoms with Gasteiger partial charge in [-0.2, -0.15) is 0 Å². The number of hydrogen-bond donors (Lipinski definition) is 0. The minimum atomic E-state index is 0.708. The molecule has 3 heteroatoms. The second kappa shape index (κ2) is 5.34. The number of hydrogen-bond acceptors (Lipinski definition) is 0. The van der Waals surface area contributed by atoms with E-state index in [1.54, 1.807) is 7.17 Å². The summed E-state index contributed by atoms with van der Waals surface area (Å²) >= 11 is 0. The molecule has 0 aromatic carbocycles. The van der Waals surface area contributed by atoms with E-state index in [-0.39, 0.29) is 0 Å². The largest absolute Gasteiger partial charge is 0.115 e. The van der Waals surface area contributed by atoms with Crippen LogP contribution in [-0.4, -0.2) is 22.2 Å². The summed E-state index contributed by atoms with van der Waals surface area (Å²) in [6.45, 7) is 0. The van der Waals surface area contributed by atoms with Crippen molar-refractivity contribution in [3.8, 4) is 0 Å². The zero-order valence-electron chi connectivity index (χ0n) is 6.74. The smallest absolute Gasteiger partial charge is 0.100 e. The molecule has 0 amide bonds. The Kier molecular flexibility index (Phi) is 4.26. The van der Waals surface area contributed by atoms with Crippen molar-refractivity contribution in [3.63, 3.8) is 0 Å². The molecular formula is C8H11B3. The SMILES string of the molecule is [B][B]C[B]CC1C=CC=CC1. The van der Waals surface area contributed by atoms with Crippen LogP contribution in [0.5, 0.6) is 0 Å². The molecule has 1 aliphatic rings. The molecule has 0 heterocycles. The second-order valence-corrected chi connectivity index (χ2v) is 2.80. The highest BCUT2D eigenvalue weighted by molar-refractivity contribution is 6.93. The Hall–Kier alpha value is -0.325. The third-order valence-corrected chi connectivity index (χ3v) is 1.84. The van der Waals surface area contributed by atoms with Gasteiger partial charge in [0, 0.05) is 14.9 Å². The molecule has 0 nitrogen and oxygen atoms in total. The van der Waals surface area contributed by atoms with E-state index in [2.05, 4.69) is 31.6 Å². The van der Waals surface area contributed by atoms with Gasteiger partial charge in [0.1, 0.15) is 7.28 Å². The van der Waals surface area contributed by atoms with Crippen LogP contribution >= 0.6 is 0 Å². The number of allylic oxidation sites excluding steroid dienone is 4. The summed E-state index contributed by atoms with van der Waals surface area (Å²) in [5, 5.41) is 0. The van der Waals surface area contributed by atoms with Gasteiger partial charge >= 0.3 is 0 Å². The molecule has 0 N–H and O–H groups in total. The highest BCUT2D eigenvalue weighted by atomic mass is 14.0. The van der Waals surface area contributed by atoms with Crippen LogP contribution in [0.25, 0.3) is 0 Å². The monoisotopic (exact) mass is 140 g/mol. The third-order valence-electron chi connectivity index (χ3n) is 1.84. The summed E-state index contributed by atoms with van der Waals surface area (Å²) in [5.41, 5.74) is 0. The predicted octanol–water partition coefficient (Wildman–Crippen LogP) is 1.40. The van der Waals surface area contributed by atoms with E-state index < -0.39 is 0 Å². The van der Waals surface area contributed by atoms with Crippen LogP contribution in [0.2, 0.25) is 12.5 Å². The molecule has 1 atom stereocenters. The first-order chi connectivity index (χ1) is 5.43. The van der Waals surface area contributed by atoms with Gasteiger partial charge in [-0.15, -0.1) is 6.22 Å². The van der Waals surface area contributed by atoms with Gasteiger partial charge in [-0.3, -0.25) is 0 Å². The van der Waals surface area contributed by atoms with Gasteiger partial charge in [0.15, 0.2) is 0 Å². The Balaban J connectivity index is 2.07. The summed E-state index contributed by atoms with van der Waals surface area (Å²) < 4.78 is 0. The van der Waals surface area contributed by atoms with E-state index in [4.69, 9.17) is 7.74 Å². The molecule has 1 rings (SSSR count). The lowest BCUT2D eigenvalue weighted by Crippen LogP contribution is -2.04. The quantitative estimate of drug-likeness (QED) is 0.408. The van der Waals surface area contributed by atoms with Crippen LogP contribution in [0.3, 0.4) is 0 Å². The average molecular weight is 140 g/mol. The Morgan fingerprint density at radius 1 is 1.45 bits per heavy atom. The van der Waals surface area contributed by atoms with Crippen molar-refractivity contribution in [2.24, 2.45) is 5.92 Å². The zero-order valence-corrected chi connectivity index (χ0v) is 6.74. The van der Waals surface area contributed by atoms with E-state index in [1.807, 2.05) is 0 Å². The fourth-order valence-electron chi connectivity index (χ4n) is 1.21. The Bertz CT molecular complexity index is 151. The van der Waals surface area contributed by atoms with Crippen LogP contribution in [0.15, 0.2) is 24.3 Å². The van der Waals surface area contributed by atoms with Gasteiger partial charge in [0.2, 0.25) is 0 Å². The van der Waals surface area contributed by atoms with E-state index >= 15 is 0 Å². The van der Waals surface area contributed by atoms with Crippen LogP contribution in [0.4, 0.5) is 0 Å². The number of rotatable bonds is 4. The van der Waals surface area contributed by atoms with Gasteiger partial charge < -0.3 is 0 Å². The van der Waals surface area contributed by atoms with Gasteiger partial charge in [-0.25, -0.2) is 0 Å². The van der Waals surface area contributed by atoms with Crippen molar-refractivity contribution in [3.05, 3.63) is 24.3 Å². The first-order valence-electron chi connectivity index (χ1n) is 4.12. The van der Waals surface area contributed by atoms with E-state index in [9.17, 15) is 0 Å². The lowest BCUT2D eigenvalue weighted by atomic mass is 9.42. The van der Waals surface area contributed by atoms with Crippen LogP contribution in [-0.2, 0) is 0 Å². The van der Waals surface area contributed by atoms with Crippen molar-refractivity contribution in [1.29, 1.82) is 0 Å². The minimum absolute atomic E-state index is 0.708. The van der Waals surface area contributed by atoms with Crippen LogP contribution in [0.1, 0.15) is 6.42 Å². The maximum absolute atomic E-state index is 5.26. The Morgan fingerprint density at radius 2 is 2.36 bits per heavy atom. The van der Waals surface area contributed by atoms with E-state index in [0.29, 0.717) is 5.92 Å². The maximum Gasteiger partial charge on any atom is 0.100 e. The average Bonchev–Trinajstić information content (AvgIpc) is 2.07. The Labute approximate surface area is 72.0 Å². The van der Waals surface area contributed by atoms with Crippen molar-refractivity contribution in [1.82, 2.24) is 0 Å². The van der Waals surface area contributed by atoms with Gasteiger partial charge in [-0.05, 0) is 12.3 Å². The van der Waals surface area contributed by atoms with Gasteiger partial charge in [-0.1, -0.05) is 30.6 Å². The first-order valence-corrected chi connectivity index (χ1v) is 4.12. The van der Waals surface area contributed by atoms with Crippen molar-refractivity contribution >= 4 is 22.2 Å². The van der Waals surface area contributed by atoms with Crippen molar-refractivity contribution < 1.29 is 0 Å². The molecule has 0 aliphatic heterocycles. The minimum Gasteiger partial charge on any atom is -0.115 e. The molecule has 11 heavy (non-hydrogen) atoms. The molecular weight excluding hydrogens is 129 g/mol. The van der Waals surface area contributed by atoms with Crippen molar-refractivity contribution in [2.75, 3.05) is 0 Å². The second-order valence-electron chi connectivity index (χ2n) is 2.80. The molecule has 1 aliphatic carbocycles. The predicted molar refractivity (Wildman–Crippen MR) is 53.3 cm³/mol. The maximum atomic E-state index is 5.26. The molecule has 0 aromatic heterocycles. The molecule has 1 unspecified atom stereocenters. The van der Waals surface area contributed by atoms with Gasteiger partial charge in [0.05, 0.1) is 0 Å². The molecule has 0 bridgehead atoms. The summed E-state index contributed by atoms with van der Waals surface area (Å²) in [4.78, 5) is 0. The van der Waals surface area contributed by atoms with Crippen LogP contribution < -0.4 is 0 Å². The Morgan fingerprint density at radius 3 is 3.00 bits per heavy atom. The zero-order chi connectivity index (χ0) is 7.94. The van der Waals surface area contributed by atoms with E-state index in [0.717, 1.165) is 12.5 Å². The molecule has 0 spiro atoms. The molecule has 0 saturated heterocycles. The summed E-state index contributed by atoms with van der Waals surface area (Å²) in [6.07, 6.45) is 11.9. The summed E-state index contributed by atoms with van der Waals surface area (Å²) in [7, 11) is 9.18. The summed E-state index contributed by atoms with van der Waals surface area (Å²) in [5.74, 6) is 0.708. The molecule has 0 saturated carbocycles. The normalized spacial score (nSPS) is 21.6. The molecule has 4 radical (unpaired) electrons. The molecule has 52 valence electrons. The van der Waals surface area contributed by atoms with Gasteiger partial charge in [0.25, 0.3) is 0 Å². The highest BCUT2D eigenvalue weighted by Crippen LogP contribution is 2.15. The standard InChI is InChI=1S/C8H11B3/c9-11-7-10-6-8-4-2-1-3-5-8/h1-4,8H,5-7H2.